The van der Waals surface area contributed by atoms with Crippen molar-refractivity contribution in [1.29, 1.82) is 0 Å². The molecule has 0 atom stereocenters. The van der Waals surface area contributed by atoms with E-state index in [-0.39, 0.29) is 0 Å². The minimum absolute atomic E-state index is 0.421. The highest BCUT2D eigenvalue weighted by atomic mass is 16.2. The Balaban J connectivity index is 0.000000461. The molecule has 1 aliphatic carbocycles. The predicted octanol–water partition coefficient (Wildman–Crippen LogP) is 1.67. The van der Waals surface area contributed by atoms with E-state index in [2.05, 4.69) is 0 Å². The Morgan fingerprint density at radius 1 is 1.00 bits per heavy atom. The van der Waals surface area contributed by atoms with E-state index in [0.717, 1.165) is 5.57 Å². The van der Waals surface area contributed by atoms with Gasteiger partial charge in [-0.15, -0.1) is 0 Å². The van der Waals surface area contributed by atoms with E-state index in [1.54, 1.807) is 13.0 Å². The SMILES string of the molecule is CC.CC1=CC(=O)C(=O)C=C1. The quantitative estimate of drug-likeness (QED) is 0.391. The largest absolute Gasteiger partial charge is 0.286 e. The zero-order chi connectivity index (χ0) is 8.85. The van der Waals surface area contributed by atoms with Crippen LogP contribution in [0.4, 0.5) is 0 Å². The molecule has 11 heavy (non-hydrogen) atoms. The van der Waals surface area contributed by atoms with Gasteiger partial charge in [0.05, 0.1) is 0 Å². The average molecular weight is 152 g/mol. The highest BCUT2D eigenvalue weighted by molar-refractivity contribution is 6.46. The van der Waals surface area contributed by atoms with Gasteiger partial charge in [0.25, 0.3) is 0 Å². The molecule has 0 aromatic carbocycles. The summed E-state index contributed by atoms with van der Waals surface area (Å²) in [6.07, 6.45) is 4.25. The second-order valence-corrected chi connectivity index (χ2v) is 1.95. The number of rotatable bonds is 0. The van der Waals surface area contributed by atoms with Crippen LogP contribution in [0.25, 0.3) is 0 Å². The first-order valence-electron chi connectivity index (χ1n) is 3.65. The summed E-state index contributed by atoms with van der Waals surface area (Å²) in [4.78, 5) is 21.0. The summed E-state index contributed by atoms with van der Waals surface area (Å²) in [6, 6.07) is 0. The van der Waals surface area contributed by atoms with E-state index >= 15 is 0 Å². The lowest BCUT2D eigenvalue weighted by molar-refractivity contribution is -0.131. The van der Waals surface area contributed by atoms with Gasteiger partial charge >= 0.3 is 0 Å². The van der Waals surface area contributed by atoms with Gasteiger partial charge in [-0.25, -0.2) is 0 Å². The van der Waals surface area contributed by atoms with E-state index in [1.807, 2.05) is 13.8 Å². The van der Waals surface area contributed by atoms with Crippen molar-refractivity contribution in [3.8, 4) is 0 Å². The van der Waals surface area contributed by atoms with E-state index < -0.39 is 11.6 Å². The molecule has 0 saturated carbocycles. The van der Waals surface area contributed by atoms with Crippen LogP contribution in [0.2, 0.25) is 0 Å². The molecule has 1 aliphatic rings. The molecule has 0 spiro atoms. The van der Waals surface area contributed by atoms with Crippen molar-refractivity contribution in [3.63, 3.8) is 0 Å². The van der Waals surface area contributed by atoms with Gasteiger partial charge in [-0.1, -0.05) is 19.9 Å². The summed E-state index contributed by atoms with van der Waals surface area (Å²) >= 11 is 0. The summed E-state index contributed by atoms with van der Waals surface area (Å²) in [7, 11) is 0. The second-order valence-electron chi connectivity index (χ2n) is 1.95. The van der Waals surface area contributed by atoms with Crippen LogP contribution >= 0.6 is 0 Å². The lowest BCUT2D eigenvalue weighted by atomic mass is 10.1. The molecule has 0 unspecified atom stereocenters. The Labute approximate surface area is 66.6 Å². The second kappa shape index (κ2) is 4.61. The van der Waals surface area contributed by atoms with Crippen LogP contribution in [0.15, 0.2) is 23.8 Å². The Morgan fingerprint density at radius 2 is 1.55 bits per heavy atom. The molecule has 0 aliphatic heterocycles. The minimum atomic E-state index is -0.430. The lowest BCUT2D eigenvalue weighted by Crippen LogP contribution is -2.10. The summed E-state index contributed by atoms with van der Waals surface area (Å²) in [5.41, 5.74) is 0.833. The highest BCUT2D eigenvalue weighted by Crippen LogP contribution is 2.01. The molecular formula is C9H12O2. The van der Waals surface area contributed by atoms with Gasteiger partial charge < -0.3 is 0 Å². The first-order chi connectivity index (χ1) is 5.20. The fourth-order valence-corrected chi connectivity index (χ4v) is 0.615. The van der Waals surface area contributed by atoms with Gasteiger partial charge in [-0.2, -0.15) is 0 Å². The standard InChI is InChI=1S/C7H6O2.C2H6/c1-5-2-3-6(8)7(9)4-5;1-2/h2-4H,1H3;1-2H3. The van der Waals surface area contributed by atoms with Crippen LogP contribution in [0.3, 0.4) is 0 Å². The van der Waals surface area contributed by atoms with Crippen molar-refractivity contribution in [1.82, 2.24) is 0 Å². The van der Waals surface area contributed by atoms with E-state index in [4.69, 9.17) is 0 Å². The maximum Gasteiger partial charge on any atom is 0.225 e. The number of ketones is 2. The Kier molecular flexibility index (Phi) is 4.11. The minimum Gasteiger partial charge on any atom is -0.286 e. The third kappa shape index (κ3) is 2.94. The van der Waals surface area contributed by atoms with Gasteiger partial charge in [-0.05, 0) is 24.6 Å². The van der Waals surface area contributed by atoms with Gasteiger partial charge in [0.1, 0.15) is 0 Å². The molecule has 0 amide bonds. The van der Waals surface area contributed by atoms with Crippen LogP contribution in [0.1, 0.15) is 20.8 Å². The molecule has 0 aromatic rings. The van der Waals surface area contributed by atoms with Crippen molar-refractivity contribution < 1.29 is 9.59 Å². The third-order valence-electron chi connectivity index (χ3n) is 1.10. The van der Waals surface area contributed by atoms with E-state index in [9.17, 15) is 9.59 Å². The molecule has 0 saturated heterocycles. The van der Waals surface area contributed by atoms with Crippen LogP contribution in [0, 0.1) is 0 Å². The van der Waals surface area contributed by atoms with E-state index in [0.29, 0.717) is 0 Å². The maximum absolute atomic E-state index is 10.5. The smallest absolute Gasteiger partial charge is 0.225 e. The van der Waals surface area contributed by atoms with Crippen LogP contribution < -0.4 is 0 Å². The molecule has 60 valence electrons. The molecule has 0 heterocycles. The fourth-order valence-electron chi connectivity index (χ4n) is 0.615. The predicted molar refractivity (Wildman–Crippen MR) is 44.3 cm³/mol. The first-order valence-corrected chi connectivity index (χ1v) is 3.65. The summed E-state index contributed by atoms with van der Waals surface area (Å²) in [5, 5.41) is 0. The molecule has 2 nitrogen and oxygen atoms in total. The topological polar surface area (TPSA) is 34.1 Å². The summed E-state index contributed by atoms with van der Waals surface area (Å²) in [6.45, 7) is 5.78. The van der Waals surface area contributed by atoms with Crippen molar-refractivity contribution in [2.45, 2.75) is 20.8 Å². The van der Waals surface area contributed by atoms with Crippen molar-refractivity contribution in [3.05, 3.63) is 23.8 Å². The van der Waals surface area contributed by atoms with Crippen molar-refractivity contribution in [2.24, 2.45) is 0 Å². The average Bonchev–Trinajstić information content (AvgIpc) is 2.02. The summed E-state index contributed by atoms with van der Waals surface area (Å²) < 4.78 is 0. The molecule has 1 rings (SSSR count). The molecular weight excluding hydrogens is 140 g/mol. The molecule has 0 N–H and O–H groups in total. The third-order valence-corrected chi connectivity index (χ3v) is 1.10. The molecule has 0 radical (unpaired) electrons. The van der Waals surface area contributed by atoms with Gasteiger partial charge in [0.2, 0.25) is 11.6 Å². The van der Waals surface area contributed by atoms with Gasteiger partial charge in [0.15, 0.2) is 0 Å². The highest BCUT2D eigenvalue weighted by Gasteiger charge is 2.09. The van der Waals surface area contributed by atoms with Crippen LogP contribution in [-0.4, -0.2) is 11.6 Å². The molecule has 0 aromatic heterocycles. The molecule has 2 heteroatoms. The zero-order valence-corrected chi connectivity index (χ0v) is 7.05. The van der Waals surface area contributed by atoms with Crippen molar-refractivity contribution in [2.75, 3.05) is 0 Å². The Morgan fingerprint density at radius 3 is 1.91 bits per heavy atom. The number of carbonyl (C=O) groups excluding carboxylic acids is 2. The zero-order valence-electron chi connectivity index (χ0n) is 7.05. The number of hydrogen-bond donors (Lipinski definition) is 0. The lowest BCUT2D eigenvalue weighted by Gasteiger charge is -1.95. The number of carbonyl (C=O) groups is 2. The van der Waals surface area contributed by atoms with Crippen LogP contribution in [0.5, 0.6) is 0 Å². The molecule has 0 bridgehead atoms. The Hall–Kier alpha value is -1.18. The van der Waals surface area contributed by atoms with E-state index in [1.165, 1.54) is 12.2 Å². The fraction of sp³-hybridized carbons (Fsp3) is 0.333. The number of hydrogen-bond acceptors (Lipinski definition) is 2. The monoisotopic (exact) mass is 152 g/mol. The van der Waals surface area contributed by atoms with Crippen LogP contribution in [-0.2, 0) is 9.59 Å². The maximum atomic E-state index is 10.5. The van der Waals surface area contributed by atoms with Crippen molar-refractivity contribution >= 4 is 11.6 Å². The summed E-state index contributed by atoms with van der Waals surface area (Å²) in [5.74, 6) is -0.851. The van der Waals surface area contributed by atoms with Gasteiger partial charge in [-0.3, -0.25) is 9.59 Å². The first kappa shape index (κ1) is 9.82. The normalized spacial score (nSPS) is 15.4. The van der Waals surface area contributed by atoms with Gasteiger partial charge in [0, 0.05) is 0 Å². The number of allylic oxidation sites excluding steroid dienone is 4. The Bertz CT molecular complexity index is 222. The molecule has 0 fully saturated rings.